The standard InChI is InChI=1S/C14H20O2S/c1-8-9(2)11(4)13(12(5)10(8)3)6-17-7-14(15)16/h6-7H2,1-5H3,(H,15,16). The molecule has 1 rings (SSSR count). The minimum atomic E-state index is -0.745. The highest BCUT2D eigenvalue weighted by molar-refractivity contribution is 7.99. The first-order valence-electron chi connectivity index (χ1n) is 5.71. The molecule has 0 bridgehead atoms. The molecule has 0 aliphatic carbocycles. The van der Waals surface area contributed by atoms with Crippen molar-refractivity contribution in [2.24, 2.45) is 0 Å². The highest BCUT2D eigenvalue weighted by atomic mass is 32.2. The van der Waals surface area contributed by atoms with Gasteiger partial charge in [0.1, 0.15) is 0 Å². The number of carboxylic acid groups (broad SMARTS) is 1. The van der Waals surface area contributed by atoms with Crippen LogP contribution >= 0.6 is 11.8 Å². The van der Waals surface area contributed by atoms with Gasteiger partial charge < -0.3 is 5.11 Å². The summed E-state index contributed by atoms with van der Waals surface area (Å²) in [5.41, 5.74) is 7.94. The highest BCUT2D eigenvalue weighted by Gasteiger charge is 2.12. The smallest absolute Gasteiger partial charge is 0.313 e. The molecule has 0 spiro atoms. The van der Waals surface area contributed by atoms with Crippen LogP contribution < -0.4 is 0 Å². The van der Waals surface area contributed by atoms with Crippen LogP contribution in [0.2, 0.25) is 0 Å². The molecule has 0 heterocycles. The van der Waals surface area contributed by atoms with Gasteiger partial charge in [0.15, 0.2) is 0 Å². The first-order chi connectivity index (χ1) is 7.86. The normalized spacial score (nSPS) is 10.6. The van der Waals surface area contributed by atoms with Crippen molar-refractivity contribution >= 4 is 17.7 Å². The molecular formula is C14H20O2S. The molecule has 0 fully saturated rings. The van der Waals surface area contributed by atoms with E-state index in [4.69, 9.17) is 5.11 Å². The van der Waals surface area contributed by atoms with Gasteiger partial charge in [-0.05, 0) is 68.0 Å². The third-order valence-corrected chi connectivity index (χ3v) is 4.57. The van der Waals surface area contributed by atoms with Gasteiger partial charge in [-0.3, -0.25) is 4.79 Å². The van der Waals surface area contributed by atoms with Crippen LogP contribution in [0.15, 0.2) is 0 Å². The van der Waals surface area contributed by atoms with E-state index in [9.17, 15) is 4.79 Å². The zero-order valence-corrected chi connectivity index (χ0v) is 12.0. The number of rotatable bonds is 4. The number of hydrogen-bond donors (Lipinski definition) is 1. The van der Waals surface area contributed by atoms with E-state index in [2.05, 4.69) is 34.6 Å². The van der Waals surface area contributed by atoms with E-state index in [0.29, 0.717) is 0 Å². The molecule has 2 nitrogen and oxygen atoms in total. The van der Waals surface area contributed by atoms with Gasteiger partial charge >= 0.3 is 5.97 Å². The fraction of sp³-hybridized carbons (Fsp3) is 0.500. The molecular weight excluding hydrogens is 232 g/mol. The molecule has 94 valence electrons. The number of hydrogen-bond acceptors (Lipinski definition) is 2. The van der Waals surface area contributed by atoms with Crippen LogP contribution in [0.3, 0.4) is 0 Å². The Hall–Kier alpha value is -0.960. The second-order valence-corrected chi connectivity index (χ2v) is 5.48. The maximum atomic E-state index is 10.5. The van der Waals surface area contributed by atoms with E-state index >= 15 is 0 Å². The van der Waals surface area contributed by atoms with Gasteiger partial charge in [0.05, 0.1) is 5.75 Å². The van der Waals surface area contributed by atoms with Crippen molar-refractivity contribution in [2.45, 2.75) is 40.4 Å². The number of benzene rings is 1. The predicted octanol–water partition coefficient (Wildman–Crippen LogP) is 3.55. The summed E-state index contributed by atoms with van der Waals surface area (Å²) < 4.78 is 0. The fourth-order valence-corrected chi connectivity index (χ4v) is 2.95. The van der Waals surface area contributed by atoms with Gasteiger partial charge in [-0.25, -0.2) is 0 Å². The fourth-order valence-electron chi connectivity index (χ4n) is 2.03. The molecule has 1 aromatic rings. The lowest BCUT2D eigenvalue weighted by molar-refractivity contribution is -0.133. The first kappa shape index (κ1) is 14.1. The molecule has 0 amide bonds. The molecule has 0 aliphatic rings. The Morgan fingerprint density at radius 2 is 1.35 bits per heavy atom. The Labute approximate surface area is 107 Å². The maximum Gasteiger partial charge on any atom is 0.313 e. The van der Waals surface area contributed by atoms with Crippen molar-refractivity contribution in [2.75, 3.05) is 5.75 Å². The van der Waals surface area contributed by atoms with Crippen molar-refractivity contribution in [3.63, 3.8) is 0 Å². The third-order valence-electron chi connectivity index (χ3n) is 3.63. The van der Waals surface area contributed by atoms with Gasteiger partial charge in [-0.1, -0.05) is 0 Å². The molecule has 3 heteroatoms. The lowest BCUT2D eigenvalue weighted by atomic mass is 9.90. The van der Waals surface area contributed by atoms with Crippen LogP contribution in [-0.2, 0) is 10.5 Å². The minimum absolute atomic E-state index is 0.171. The molecule has 0 radical (unpaired) electrons. The molecule has 0 saturated heterocycles. The van der Waals surface area contributed by atoms with Crippen molar-refractivity contribution in [3.05, 3.63) is 33.4 Å². The van der Waals surface area contributed by atoms with Crippen LogP contribution in [-0.4, -0.2) is 16.8 Å². The summed E-state index contributed by atoms with van der Waals surface area (Å²) in [6.07, 6.45) is 0. The van der Waals surface area contributed by atoms with Crippen LogP contribution in [0, 0.1) is 34.6 Å². The second-order valence-electron chi connectivity index (χ2n) is 4.49. The van der Waals surface area contributed by atoms with Gasteiger partial charge in [-0.15, -0.1) is 11.8 Å². The summed E-state index contributed by atoms with van der Waals surface area (Å²) in [7, 11) is 0. The molecule has 0 unspecified atom stereocenters. The van der Waals surface area contributed by atoms with Gasteiger partial charge in [-0.2, -0.15) is 0 Å². The van der Waals surface area contributed by atoms with Crippen molar-refractivity contribution in [3.8, 4) is 0 Å². The summed E-state index contributed by atoms with van der Waals surface area (Å²) in [4.78, 5) is 10.5. The van der Waals surface area contributed by atoms with Crippen LogP contribution in [0.5, 0.6) is 0 Å². The molecule has 1 N–H and O–H groups in total. The molecule has 17 heavy (non-hydrogen) atoms. The van der Waals surface area contributed by atoms with Crippen LogP contribution in [0.4, 0.5) is 0 Å². The second kappa shape index (κ2) is 5.58. The van der Waals surface area contributed by atoms with E-state index in [1.807, 2.05) is 0 Å². The SMILES string of the molecule is Cc1c(C)c(C)c(CSCC(=O)O)c(C)c1C. The molecule has 0 aliphatic heterocycles. The van der Waals surface area contributed by atoms with E-state index in [1.54, 1.807) is 0 Å². The Balaban J connectivity index is 3.03. The van der Waals surface area contributed by atoms with Crippen molar-refractivity contribution in [1.82, 2.24) is 0 Å². The molecule has 0 aromatic heterocycles. The molecule has 0 atom stereocenters. The number of thioether (sulfide) groups is 1. The lowest BCUT2D eigenvalue weighted by Gasteiger charge is -2.18. The number of carbonyl (C=O) groups is 1. The van der Waals surface area contributed by atoms with E-state index in [1.165, 1.54) is 45.1 Å². The predicted molar refractivity (Wildman–Crippen MR) is 73.9 cm³/mol. The van der Waals surface area contributed by atoms with Crippen LogP contribution in [0.1, 0.15) is 33.4 Å². The summed E-state index contributed by atoms with van der Waals surface area (Å²) in [6, 6.07) is 0. The number of carboxylic acids is 1. The van der Waals surface area contributed by atoms with E-state index in [-0.39, 0.29) is 5.75 Å². The molecule has 1 aromatic carbocycles. The Bertz CT molecular complexity index is 421. The monoisotopic (exact) mass is 252 g/mol. The summed E-state index contributed by atoms with van der Waals surface area (Å²) >= 11 is 1.47. The van der Waals surface area contributed by atoms with E-state index in [0.717, 1.165) is 5.75 Å². The summed E-state index contributed by atoms with van der Waals surface area (Å²) in [6.45, 7) is 10.7. The zero-order valence-electron chi connectivity index (χ0n) is 11.2. The highest BCUT2D eigenvalue weighted by Crippen LogP contribution is 2.28. The average molecular weight is 252 g/mol. The Kier molecular flexibility index (Phi) is 4.63. The Morgan fingerprint density at radius 3 is 1.76 bits per heavy atom. The van der Waals surface area contributed by atoms with E-state index < -0.39 is 5.97 Å². The lowest BCUT2D eigenvalue weighted by Crippen LogP contribution is -2.04. The average Bonchev–Trinajstić information content (AvgIpc) is 2.28. The van der Waals surface area contributed by atoms with Crippen molar-refractivity contribution in [1.29, 1.82) is 0 Å². The quantitative estimate of drug-likeness (QED) is 0.890. The molecule has 0 saturated carbocycles. The first-order valence-corrected chi connectivity index (χ1v) is 6.87. The van der Waals surface area contributed by atoms with Gasteiger partial charge in [0.25, 0.3) is 0 Å². The zero-order chi connectivity index (χ0) is 13.2. The van der Waals surface area contributed by atoms with Crippen molar-refractivity contribution < 1.29 is 9.90 Å². The largest absolute Gasteiger partial charge is 0.481 e. The van der Waals surface area contributed by atoms with Gasteiger partial charge in [0.2, 0.25) is 0 Å². The van der Waals surface area contributed by atoms with Crippen LogP contribution in [0.25, 0.3) is 0 Å². The topological polar surface area (TPSA) is 37.3 Å². The summed E-state index contributed by atoms with van der Waals surface area (Å²) in [5.74, 6) is 0.211. The maximum absolute atomic E-state index is 10.5. The summed E-state index contributed by atoms with van der Waals surface area (Å²) in [5, 5.41) is 8.66. The van der Waals surface area contributed by atoms with Gasteiger partial charge in [0, 0.05) is 5.75 Å². The minimum Gasteiger partial charge on any atom is -0.481 e. The Morgan fingerprint density at radius 1 is 0.941 bits per heavy atom. The third kappa shape index (κ3) is 3.03. The number of aliphatic carboxylic acids is 1.